The zero-order valence-corrected chi connectivity index (χ0v) is 16.6. The summed E-state index contributed by atoms with van der Waals surface area (Å²) in [4.78, 5) is 22.9. The number of carbonyl (C=O) groups is 1. The summed E-state index contributed by atoms with van der Waals surface area (Å²) in [6, 6.07) is 15.4. The van der Waals surface area contributed by atoms with Gasteiger partial charge in [0.05, 0.1) is 17.0 Å². The van der Waals surface area contributed by atoms with Crippen LogP contribution in [-0.2, 0) is 6.54 Å². The third kappa shape index (κ3) is 4.51. The first-order chi connectivity index (χ1) is 14.1. The molecule has 0 amide bonds. The van der Waals surface area contributed by atoms with Crippen LogP contribution in [0.5, 0.6) is 0 Å². The molecule has 4 rings (SSSR count). The van der Waals surface area contributed by atoms with E-state index >= 15 is 0 Å². The van der Waals surface area contributed by atoms with Crippen molar-refractivity contribution in [2.24, 2.45) is 0 Å². The maximum atomic E-state index is 11.5. The Labute approximate surface area is 171 Å². The van der Waals surface area contributed by atoms with Gasteiger partial charge in [-0.25, -0.2) is 4.79 Å². The Morgan fingerprint density at radius 1 is 1.14 bits per heavy atom. The maximum Gasteiger partial charge on any atom is 0.336 e. The number of likely N-dealkylation sites (tertiary alicyclic amines) is 1. The zero-order chi connectivity index (χ0) is 20.2. The lowest BCUT2D eigenvalue weighted by atomic mass is 9.94. The van der Waals surface area contributed by atoms with Crippen LogP contribution in [0.2, 0.25) is 0 Å². The molecular formula is C24H25N3O2. The van der Waals surface area contributed by atoms with Crippen LogP contribution >= 0.6 is 0 Å². The minimum absolute atomic E-state index is 0.332. The smallest absolute Gasteiger partial charge is 0.336 e. The largest absolute Gasteiger partial charge is 0.478 e. The molecule has 5 heteroatoms. The van der Waals surface area contributed by atoms with E-state index in [0.717, 1.165) is 55.0 Å². The van der Waals surface area contributed by atoms with E-state index in [0.29, 0.717) is 11.5 Å². The van der Waals surface area contributed by atoms with E-state index < -0.39 is 5.97 Å². The van der Waals surface area contributed by atoms with Crippen LogP contribution in [-0.4, -0.2) is 39.0 Å². The van der Waals surface area contributed by atoms with E-state index in [4.69, 9.17) is 0 Å². The molecule has 0 spiro atoms. The molecule has 2 aromatic carbocycles. The number of piperidine rings is 1. The fraction of sp³-hybridized carbons (Fsp3) is 0.292. The molecule has 3 aromatic rings. The summed E-state index contributed by atoms with van der Waals surface area (Å²) >= 11 is 0. The standard InChI is InChI=1S/C24H25N3O2/c1-17-13-25-14-23(26-17)20-5-4-12-27(16-20)15-18-8-10-19(11-9-18)21-6-2-3-7-22(21)24(28)29/h2-3,6-11,13-14,20H,4-5,12,15-16H2,1H3,(H,28,29)/t20-/m1/s1. The maximum absolute atomic E-state index is 11.5. The summed E-state index contributed by atoms with van der Waals surface area (Å²) in [5.74, 6) is -0.471. The summed E-state index contributed by atoms with van der Waals surface area (Å²) in [6.45, 7) is 4.94. The molecule has 1 aromatic heterocycles. The Bertz CT molecular complexity index is 1000. The number of carboxylic acids is 1. The Balaban J connectivity index is 1.46. The second-order valence-corrected chi connectivity index (χ2v) is 7.71. The molecule has 148 valence electrons. The van der Waals surface area contributed by atoms with Gasteiger partial charge in [-0.2, -0.15) is 0 Å². The Morgan fingerprint density at radius 2 is 1.93 bits per heavy atom. The van der Waals surface area contributed by atoms with Crippen LogP contribution in [0.4, 0.5) is 0 Å². The predicted octanol–water partition coefficient (Wildman–Crippen LogP) is 4.53. The van der Waals surface area contributed by atoms with Crippen LogP contribution in [0, 0.1) is 6.92 Å². The lowest BCUT2D eigenvalue weighted by molar-refractivity contribution is 0.0697. The van der Waals surface area contributed by atoms with Crippen molar-refractivity contribution in [1.82, 2.24) is 14.9 Å². The highest BCUT2D eigenvalue weighted by molar-refractivity contribution is 5.95. The quantitative estimate of drug-likeness (QED) is 0.697. The van der Waals surface area contributed by atoms with Gasteiger partial charge in [0.1, 0.15) is 0 Å². The van der Waals surface area contributed by atoms with Crippen LogP contribution in [0.25, 0.3) is 11.1 Å². The summed E-state index contributed by atoms with van der Waals surface area (Å²) < 4.78 is 0. The molecule has 1 atom stereocenters. The SMILES string of the molecule is Cc1cncc([C@@H]2CCCN(Cc3ccc(-c4ccccc4C(=O)O)cc3)C2)n1. The molecule has 29 heavy (non-hydrogen) atoms. The van der Waals surface area contributed by atoms with Crippen molar-refractivity contribution in [3.8, 4) is 11.1 Å². The molecule has 1 N–H and O–H groups in total. The highest BCUT2D eigenvalue weighted by Crippen LogP contribution is 2.28. The van der Waals surface area contributed by atoms with E-state index in [-0.39, 0.29) is 0 Å². The fourth-order valence-corrected chi connectivity index (χ4v) is 4.09. The van der Waals surface area contributed by atoms with Gasteiger partial charge in [-0.1, -0.05) is 42.5 Å². The molecule has 1 fully saturated rings. The number of hydrogen-bond acceptors (Lipinski definition) is 4. The van der Waals surface area contributed by atoms with E-state index in [1.54, 1.807) is 18.3 Å². The lowest BCUT2D eigenvalue weighted by Gasteiger charge is -2.32. The van der Waals surface area contributed by atoms with E-state index in [1.165, 1.54) is 5.56 Å². The highest BCUT2D eigenvalue weighted by Gasteiger charge is 2.22. The van der Waals surface area contributed by atoms with E-state index in [1.807, 2.05) is 37.4 Å². The van der Waals surface area contributed by atoms with Crippen molar-refractivity contribution in [2.45, 2.75) is 32.2 Å². The first-order valence-electron chi connectivity index (χ1n) is 10.0. The van der Waals surface area contributed by atoms with Gasteiger partial charge < -0.3 is 5.11 Å². The topological polar surface area (TPSA) is 66.3 Å². The van der Waals surface area contributed by atoms with Gasteiger partial charge in [-0.3, -0.25) is 14.9 Å². The number of carboxylic acid groups (broad SMARTS) is 1. The average molecular weight is 387 g/mol. The third-order valence-corrected chi connectivity index (χ3v) is 5.53. The van der Waals surface area contributed by atoms with Gasteiger partial charge in [0.25, 0.3) is 0 Å². The predicted molar refractivity (Wildman–Crippen MR) is 113 cm³/mol. The van der Waals surface area contributed by atoms with Gasteiger partial charge in [-0.15, -0.1) is 0 Å². The van der Waals surface area contributed by atoms with Crippen molar-refractivity contribution < 1.29 is 9.90 Å². The zero-order valence-electron chi connectivity index (χ0n) is 16.6. The molecular weight excluding hydrogens is 362 g/mol. The van der Waals surface area contributed by atoms with Crippen molar-refractivity contribution in [2.75, 3.05) is 13.1 Å². The first kappa shape index (κ1) is 19.3. The van der Waals surface area contributed by atoms with Crippen molar-refractivity contribution in [1.29, 1.82) is 0 Å². The molecule has 0 radical (unpaired) electrons. The lowest BCUT2D eigenvalue weighted by Crippen LogP contribution is -2.34. The summed E-state index contributed by atoms with van der Waals surface area (Å²) in [5, 5.41) is 9.42. The van der Waals surface area contributed by atoms with Gasteiger partial charge in [-0.05, 0) is 49.1 Å². The number of aromatic nitrogens is 2. The van der Waals surface area contributed by atoms with Gasteiger partial charge in [0.15, 0.2) is 0 Å². The van der Waals surface area contributed by atoms with E-state index in [9.17, 15) is 9.90 Å². The average Bonchev–Trinajstić information content (AvgIpc) is 2.74. The van der Waals surface area contributed by atoms with E-state index in [2.05, 4.69) is 27.0 Å². The molecule has 0 unspecified atom stereocenters. The third-order valence-electron chi connectivity index (χ3n) is 5.53. The Morgan fingerprint density at radius 3 is 2.69 bits per heavy atom. The van der Waals surface area contributed by atoms with Crippen LogP contribution < -0.4 is 0 Å². The molecule has 1 aliphatic rings. The number of benzene rings is 2. The highest BCUT2D eigenvalue weighted by atomic mass is 16.4. The molecule has 5 nitrogen and oxygen atoms in total. The second-order valence-electron chi connectivity index (χ2n) is 7.71. The summed E-state index contributed by atoms with van der Waals surface area (Å²) in [6.07, 6.45) is 6.01. The Hall–Kier alpha value is -3.05. The molecule has 1 aliphatic heterocycles. The fourth-order valence-electron chi connectivity index (χ4n) is 4.09. The number of aryl methyl sites for hydroxylation is 1. The van der Waals surface area contributed by atoms with Crippen molar-refractivity contribution in [3.63, 3.8) is 0 Å². The van der Waals surface area contributed by atoms with Gasteiger partial charge >= 0.3 is 5.97 Å². The van der Waals surface area contributed by atoms with Gasteiger partial charge in [0.2, 0.25) is 0 Å². The number of nitrogens with zero attached hydrogens (tertiary/aromatic N) is 3. The molecule has 0 aliphatic carbocycles. The number of hydrogen-bond donors (Lipinski definition) is 1. The van der Waals surface area contributed by atoms with Crippen LogP contribution in [0.15, 0.2) is 60.9 Å². The first-order valence-corrected chi connectivity index (χ1v) is 10.0. The normalized spacial score (nSPS) is 17.2. The molecule has 0 bridgehead atoms. The molecule has 0 saturated carbocycles. The summed E-state index contributed by atoms with van der Waals surface area (Å²) in [5.41, 5.74) is 5.31. The van der Waals surface area contributed by atoms with Crippen molar-refractivity contribution >= 4 is 5.97 Å². The van der Waals surface area contributed by atoms with Crippen LogP contribution in [0.1, 0.15) is 46.1 Å². The number of aromatic carboxylic acids is 1. The second kappa shape index (κ2) is 8.53. The monoisotopic (exact) mass is 387 g/mol. The minimum Gasteiger partial charge on any atom is -0.478 e. The minimum atomic E-state index is -0.900. The van der Waals surface area contributed by atoms with Crippen molar-refractivity contribution in [3.05, 3.63) is 83.4 Å². The van der Waals surface area contributed by atoms with Crippen LogP contribution in [0.3, 0.4) is 0 Å². The molecule has 2 heterocycles. The van der Waals surface area contributed by atoms with Gasteiger partial charge in [0, 0.05) is 31.4 Å². The summed E-state index contributed by atoms with van der Waals surface area (Å²) in [7, 11) is 0. The number of rotatable bonds is 5. The molecule has 1 saturated heterocycles. The Kier molecular flexibility index (Phi) is 5.67.